The van der Waals surface area contributed by atoms with E-state index >= 15 is 0 Å². The summed E-state index contributed by atoms with van der Waals surface area (Å²) < 4.78 is 5.97. The van der Waals surface area contributed by atoms with Gasteiger partial charge in [0.15, 0.2) is 5.82 Å². The number of benzene rings is 1. The van der Waals surface area contributed by atoms with E-state index in [-0.39, 0.29) is 0 Å². The number of ether oxygens (including phenoxy) is 1. The molecule has 0 saturated carbocycles. The highest BCUT2D eigenvalue weighted by atomic mass is 16.5. The van der Waals surface area contributed by atoms with Crippen LogP contribution in [0.25, 0.3) is 0 Å². The maximum Gasteiger partial charge on any atom is 0.168 e. The Kier molecular flexibility index (Phi) is 4.78. The second kappa shape index (κ2) is 6.57. The Morgan fingerprint density at radius 2 is 1.76 bits per heavy atom. The van der Waals surface area contributed by atoms with Crippen LogP contribution < -0.4 is 10.1 Å². The largest absolute Gasteiger partial charge is 0.485 e. The van der Waals surface area contributed by atoms with Crippen LogP contribution in [0.4, 0.5) is 5.82 Å². The molecule has 0 unspecified atom stereocenters. The van der Waals surface area contributed by atoms with Gasteiger partial charge in [0.2, 0.25) is 0 Å². The third-order valence-corrected chi connectivity index (χ3v) is 3.48. The van der Waals surface area contributed by atoms with Crippen molar-refractivity contribution in [2.45, 2.75) is 41.2 Å². The van der Waals surface area contributed by atoms with Crippen molar-refractivity contribution in [1.82, 2.24) is 9.97 Å². The summed E-state index contributed by atoms with van der Waals surface area (Å²) in [5.41, 5.74) is 4.48. The summed E-state index contributed by atoms with van der Waals surface area (Å²) in [4.78, 5) is 8.91. The minimum atomic E-state index is 0.380. The third-order valence-electron chi connectivity index (χ3n) is 3.48. The molecule has 0 aliphatic rings. The van der Waals surface area contributed by atoms with Gasteiger partial charge in [-0.2, -0.15) is 0 Å². The lowest BCUT2D eigenvalue weighted by Crippen LogP contribution is -2.08. The van der Waals surface area contributed by atoms with Gasteiger partial charge in [-0.3, -0.25) is 0 Å². The third kappa shape index (κ3) is 3.72. The van der Waals surface area contributed by atoms with Crippen molar-refractivity contribution in [3.05, 3.63) is 46.4 Å². The molecule has 0 amide bonds. The molecule has 0 bridgehead atoms. The van der Waals surface area contributed by atoms with E-state index in [2.05, 4.69) is 48.2 Å². The summed E-state index contributed by atoms with van der Waals surface area (Å²) in [6, 6.07) is 6.14. The zero-order valence-corrected chi connectivity index (χ0v) is 13.4. The Morgan fingerprint density at radius 1 is 1.05 bits per heavy atom. The number of nitrogens with zero attached hydrogens (tertiary/aromatic N) is 2. The molecule has 1 N–H and O–H groups in total. The number of hydrogen-bond acceptors (Lipinski definition) is 4. The van der Waals surface area contributed by atoms with Gasteiger partial charge in [0.05, 0.1) is 0 Å². The normalized spacial score (nSPS) is 10.5. The quantitative estimate of drug-likeness (QED) is 0.909. The minimum Gasteiger partial charge on any atom is -0.485 e. The van der Waals surface area contributed by atoms with E-state index in [0.29, 0.717) is 12.4 Å². The van der Waals surface area contributed by atoms with Crippen molar-refractivity contribution in [3.63, 3.8) is 0 Å². The summed E-state index contributed by atoms with van der Waals surface area (Å²) in [5, 5.41) is 3.21. The molecule has 0 spiro atoms. The van der Waals surface area contributed by atoms with Crippen molar-refractivity contribution in [2.24, 2.45) is 0 Å². The van der Waals surface area contributed by atoms with Crippen molar-refractivity contribution >= 4 is 5.82 Å². The number of aryl methyl sites for hydroxylation is 3. The summed E-state index contributed by atoms with van der Waals surface area (Å²) in [5.74, 6) is 2.48. The zero-order chi connectivity index (χ0) is 15.4. The Balaban J connectivity index is 2.19. The molecule has 0 aliphatic heterocycles. The van der Waals surface area contributed by atoms with Gasteiger partial charge >= 0.3 is 0 Å². The van der Waals surface area contributed by atoms with Crippen molar-refractivity contribution in [1.29, 1.82) is 0 Å². The van der Waals surface area contributed by atoms with Crippen LogP contribution in [-0.2, 0) is 6.61 Å². The highest BCUT2D eigenvalue weighted by Gasteiger charge is 2.08. The number of anilines is 1. The molecule has 0 aliphatic carbocycles. The molecule has 2 rings (SSSR count). The van der Waals surface area contributed by atoms with Crippen LogP contribution in [0.1, 0.15) is 35.1 Å². The highest BCUT2D eigenvalue weighted by molar-refractivity contribution is 5.44. The first kappa shape index (κ1) is 15.3. The molecule has 21 heavy (non-hydrogen) atoms. The fraction of sp³-hybridized carbons (Fsp3) is 0.412. The maximum atomic E-state index is 5.97. The van der Waals surface area contributed by atoms with Gasteiger partial charge in [-0.15, -0.1) is 0 Å². The molecule has 0 radical (unpaired) electrons. The van der Waals surface area contributed by atoms with Gasteiger partial charge < -0.3 is 10.1 Å². The van der Waals surface area contributed by atoms with Crippen LogP contribution >= 0.6 is 0 Å². The van der Waals surface area contributed by atoms with E-state index in [1.807, 2.05) is 19.9 Å². The molecule has 1 aromatic heterocycles. The fourth-order valence-electron chi connectivity index (χ4n) is 2.25. The molecule has 0 atom stereocenters. The predicted molar refractivity (Wildman–Crippen MR) is 85.9 cm³/mol. The van der Waals surface area contributed by atoms with Gasteiger partial charge in [0, 0.05) is 18.3 Å². The Morgan fingerprint density at radius 3 is 2.48 bits per heavy atom. The van der Waals surface area contributed by atoms with Gasteiger partial charge in [0.1, 0.15) is 18.2 Å². The lowest BCUT2D eigenvalue weighted by molar-refractivity contribution is 0.291. The average molecular weight is 285 g/mol. The van der Waals surface area contributed by atoms with Gasteiger partial charge in [-0.1, -0.05) is 12.1 Å². The van der Waals surface area contributed by atoms with Crippen LogP contribution in [0.2, 0.25) is 0 Å². The van der Waals surface area contributed by atoms with Crippen LogP contribution in [0.5, 0.6) is 5.75 Å². The van der Waals surface area contributed by atoms with Gasteiger partial charge in [-0.05, 0) is 51.3 Å². The van der Waals surface area contributed by atoms with Crippen LogP contribution in [0, 0.1) is 27.7 Å². The first-order chi connectivity index (χ1) is 10.0. The fourth-order valence-corrected chi connectivity index (χ4v) is 2.25. The number of rotatable bonds is 5. The van der Waals surface area contributed by atoms with Crippen LogP contribution in [0.15, 0.2) is 18.2 Å². The second-order valence-electron chi connectivity index (χ2n) is 5.28. The molecule has 2 aromatic rings. The zero-order valence-electron chi connectivity index (χ0n) is 13.4. The second-order valence-corrected chi connectivity index (χ2v) is 5.28. The Bertz CT molecular complexity index is 638. The Labute approximate surface area is 126 Å². The first-order valence-corrected chi connectivity index (χ1v) is 7.29. The lowest BCUT2D eigenvalue weighted by Gasteiger charge is -2.14. The summed E-state index contributed by atoms with van der Waals surface area (Å²) in [7, 11) is 0. The average Bonchev–Trinajstić information content (AvgIpc) is 2.43. The molecule has 1 heterocycles. The minimum absolute atomic E-state index is 0.380. The molecule has 112 valence electrons. The number of nitrogens with one attached hydrogen (secondary N) is 1. The van der Waals surface area contributed by atoms with E-state index in [1.54, 1.807) is 0 Å². The molecule has 1 aromatic carbocycles. The molecular weight excluding hydrogens is 262 g/mol. The summed E-state index contributed by atoms with van der Waals surface area (Å²) in [6.45, 7) is 11.5. The molecular formula is C17H23N3O. The van der Waals surface area contributed by atoms with Crippen LogP contribution in [0.3, 0.4) is 0 Å². The number of aromatic nitrogens is 2. The molecule has 0 saturated heterocycles. The first-order valence-electron chi connectivity index (χ1n) is 7.29. The lowest BCUT2D eigenvalue weighted by atomic mass is 10.1. The highest BCUT2D eigenvalue weighted by Crippen LogP contribution is 2.26. The topological polar surface area (TPSA) is 47.0 Å². The molecule has 0 fully saturated rings. The standard InChI is InChI=1S/C17H23N3O/c1-6-18-15-9-13(4)19-16(20-15)10-21-17-12(3)8-7-11(2)14(17)5/h7-9H,6,10H2,1-5H3,(H,18,19,20). The van der Waals surface area contributed by atoms with E-state index in [4.69, 9.17) is 4.74 Å². The Hall–Kier alpha value is -2.10. The van der Waals surface area contributed by atoms with E-state index < -0.39 is 0 Å². The van der Waals surface area contributed by atoms with Gasteiger partial charge in [-0.25, -0.2) is 9.97 Å². The molecule has 4 heteroatoms. The smallest absolute Gasteiger partial charge is 0.168 e. The number of hydrogen-bond donors (Lipinski definition) is 1. The van der Waals surface area contributed by atoms with Gasteiger partial charge in [0.25, 0.3) is 0 Å². The SMILES string of the molecule is CCNc1cc(C)nc(COc2c(C)ccc(C)c2C)n1. The van der Waals surface area contributed by atoms with Crippen molar-refractivity contribution in [2.75, 3.05) is 11.9 Å². The summed E-state index contributed by atoms with van der Waals surface area (Å²) >= 11 is 0. The van der Waals surface area contributed by atoms with Crippen molar-refractivity contribution < 1.29 is 4.74 Å². The van der Waals surface area contributed by atoms with Crippen LogP contribution in [-0.4, -0.2) is 16.5 Å². The van der Waals surface area contributed by atoms with E-state index in [0.717, 1.165) is 29.4 Å². The van der Waals surface area contributed by atoms with E-state index in [9.17, 15) is 0 Å². The monoisotopic (exact) mass is 285 g/mol. The van der Waals surface area contributed by atoms with Crippen molar-refractivity contribution in [3.8, 4) is 5.75 Å². The maximum absolute atomic E-state index is 5.97. The summed E-state index contributed by atoms with van der Waals surface area (Å²) in [6.07, 6.45) is 0. The van der Waals surface area contributed by atoms with E-state index in [1.165, 1.54) is 11.1 Å². The molecule has 4 nitrogen and oxygen atoms in total. The predicted octanol–water partition coefficient (Wildman–Crippen LogP) is 3.72.